The number of ether oxygens (including phenoxy) is 1. The first kappa shape index (κ1) is 11.1. The highest BCUT2D eigenvalue weighted by Gasteiger charge is 2.19. The fourth-order valence-electron chi connectivity index (χ4n) is 2.34. The van der Waals surface area contributed by atoms with Crippen LogP contribution in [-0.2, 0) is 6.42 Å². The molecule has 0 aliphatic carbocycles. The second kappa shape index (κ2) is 4.02. The molecule has 0 atom stereocenters. The maximum Gasteiger partial charge on any atom is 0.196 e. The molecule has 3 rings (SSSR count). The Hall–Kier alpha value is -2.03. The molecular weight excluding hydrogens is 228 g/mol. The molecule has 1 aromatic carbocycles. The molecule has 0 fully saturated rings. The minimum atomic E-state index is 0.0130. The number of ketones is 1. The monoisotopic (exact) mass is 242 g/mol. The molecule has 18 heavy (non-hydrogen) atoms. The maximum atomic E-state index is 12.4. The van der Waals surface area contributed by atoms with Gasteiger partial charge in [-0.1, -0.05) is 0 Å². The van der Waals surface area contributed by atoms with E-state index in [9.17, 15) is 4.79 Å². The summed E-state index contributed by atoms with van der Waals surface area (Å²) in [4.78, 5) is 12.4. The van der Waals surface area contributed by atoms with Gasteiger partial charge in [0, 0.05) is 12.0 Å². The zero-order valence-electron chi connectivity index (χ0n) is 10.4. The second-order valence-corrected chi connectivity index (χ2v) is 4.58. The fraction of sp³-hybridized carbons (Fsp3) is 0.267. The standard InChI is InChI=1S/C15H14O3/c1-9-7-13(10(2)18-9)15(16)12-3-4-14-11(8-12)5-6-17-14/h3-4,7-8H,5-6H2,1-2H3. The molecule has 2 aromatic rings. The number of fused-ring (bicyclic) bond motifs is 1. The van der Waals surface area contributed by atoms with Crippen LogP contribution < -0.4 is 4.74 Å². The highest BCUT2D eigenvalue weighted by atomic mass is 16.5. The first-order valence-corrected chi connectivity index (χ1v) is 6.02. The van der Waals surface area contributed by atoms with Crippen LogP contribution in [0.5, 0.6) is 5.75 Å². The lowest BCUT2D eigenvalue weighted by atomic mass is 10.0. The SMILES string of the molecule is Cc1cc(C(=O)c2ccc3c(c2)CCO3)c(C)o1. The summed E-state index contributed by atoms with van der Waals surface area (Å²) in [6.45, 7) is 4.37. The average molecular weight is 242 g/mol. The summed E-state index contributed by atoms with van der Waals surface area (Å²) in [6, 6.07) is 7.40. The minimum absolute atomic E-state index is 0.0130. The van der Waals surface area contributed by atoms with Crippen LogP contribution in [0.1, 0.15) is 33.0 Å². The van der Waals surface area contributed by atoms with Crippen molar-refractivity contribution in [1.29, 1.82) is 0 Å². The van der Waals surface area contributed by atoms with Crippen molar-refractivity contribution in [2.45, 2.75) is 20.3 Å². The van der Waals surface area contributed by atoms with Crippen LogP contribution in [-0.4, -0.2) is 12.4 Å². The third kappa shape index (κ3) is 1.72. The van der Waals surface area contributed by atoms with Crippen molar-refractivity contribution in [3.63, 3.8) is 0 Å². The summed E-state index contributed by atoms with van der Waals surface area (Å²) in [5.41, 5.74) is 2.45. The first-order chi connectivity index (χ1) is 8.65. The summed E-state index contributed by atoms with van der Waals surface area (Å²) in [5, 5.41) is 0. The third-order valence-electron chi connectivity index (χ3n) is 3.24. The van der Waals surface area contributed by atoms with E-state index in [1.54, 1.807) is 6.07 Å². The number of carbonyl (C=O) groups is 1. The first-order valence-electron chi connectivity index (χ1n) is 6.02. The van der Waals surface area contributed by atoms with E-state index < -0.39 is 0 Å². The van der Waals surface area contributed by atoms with Gasteiger partial charge < -0.3 is 9.15 Å². The lowest BCUT2D eigenvalue weighted by molar-refractivity contribution is 0.103. The quantitative estimate of drug-likeness (QED) is 0.760. The number of hydrogen-bond donors (Lipinski definition) is 0. The number of furan rings is 1. The van der Waals surface area contributed by atoms with Gasteiger partial charge >= 0.3 is 0 Å². The van der Waals surface area contributed by atoms with Crippen LogP contribution in [0.4, 0.5) is 0 Å². The number of rotatable bonds is 2. The van der Waals surface area contributed by atoms with Gasteiger partial charge in [-0.3, -0.25) is 4.79 Å². The molecule has 0 radical (unpaired) electrons. The van der Waals surface area contributed by atoms with Crippen LogP contribution in [0, 0.1) is 13.8 Å². The minimum Gasteiger partial charge on any atom is -0.493 e. The molecule has 0 amide bonds. The smallest absolute Gasteiger partial charge is 0.196 e. The van der Waals surface area contributed by atoms with Crippen molar-refractivity contribution >= 4 is 5.78 Å². The van der Waals surface area contributed by atoms with E-state index in [-0.39, 0.29) is 5.78 Å². The zero-order valence-corrected chi connectivity index (χ0v) is 10.4. The lowest BCUT2D eigenvalue weighted by Crippen LogP contribution is -2.01. The number of carbonyl (C=O) groups excluding carboxylic acids is 1. The molecule has 2 heterocycles. The van der Waals surface area contributed by atoms with Crippen molar-refractivity contribution < 1.29 is 13.9 Å². The normalized spacial score (nSPS) is 13.2. The number of benzene rings is 1. The van der Waals surface area contributed by atoms with E-state index in [1.807, 2.05) is 32.0 Å². The molecule has 3 nitrogen and oxygen atoms in total. The van der Waals surface area contributed by atoms with Gasteiger partial charge in [-0.15, -0.1) is 0 Å². The van der Waals surface area contributed by atoms with E-state index in [1.165, 1.54) is 0 Å². The van der Waals surface area contributed by atoms with Gasteiger partial charge in [0.05, 0.1) is 12.2 Å². The Morgan fingerprint density at radius 1 is 1.22 bits per heavy atom. The number of hydrogen-bond acceptors (Lipinski definition) is 3. The molecule has 0 saturated heterocycles. The van der Waals surface area contributed by atoms with E-state index in [4.69, 9.17) is 9.15 Å². The van der Waals surface area contributed by atoms with Gasteiger partial charge in [-0.2, -0.15) is 0 Å². The summed E-state index contributed by atoms with van der Waals surface area (Å²) in [5.74, 6) is 2.35. The van der Waals surface area contributed by atoms with Gasteiger partial charge in [-0.05, 0) is 43.7 Å². The van der Waals surface area contributed by atoms with E-state index >= 15 is 0 Å². The van der Waals surface area contributed by atoms with Crippen molar-refractivity contribution in [1.82, 2.24) is 0 Å². The molecule has 3 heteroatoms. The maximum absolute atomic E-state index is 12.4. The lowest BCUT2D eigenvalue weighted by Gasteiger charge is -2.02. The third-order valence-corrected chi connectivity index (χ3v) is 3.24. The topological polar surface area (TPSA) is 39.4 Å². The molecule has 0 bridgehead atoms. The Morgan fingerprint density at radius 3 is 2.78 bits per heavy atom. The van der Waals surface area contributed by atoms with Crippen molar-refractivity contribution in [3.05, 3.63) is 52.5 Å². The molecule has 1 aromatic heterocycles. The predicted molar refractivity (Wildman–Crippen MR) is 67.3 cm³/mol. The molecule has 92 valence electrons. The molecular formula is C15H14O3. The highest BCUT2D eigenvalue weighted by molar-refractivity contribution is 6.09. The van der Waals surface area contributed by atoms with Gasteiger partial charge in [0.15, 0.2) is 5.78 Å². The Morgan fingerprint density at radius 2 is 2.06 bits per heavy atom. The van der Waals surface area contributed by atoms with Crippen LogP contribution in [0.25, 0.3) is 0 Å². The van der Waals surface area contributed by atoms with Crippen LogP contribution in [0.2, 0.25) is 0 Å². The Labute approximate surface area is 105 Å². The van der Waals surface area contributed by atoms with Crippen LogP contribution >= 0.6 is 0 Å². The van der Waals surface area contributed by atoms with Gasteiger partial charge in [-0.25, -0.2) is 0 Å². The van der Waals surface area contributed by atoms with E-state index in [0.29, 0.717) is 23.5 Å². The summed E-state index contributed by atoms with van der Waals surface area (Å²) >= 11 is 0. The Bertz CT molecular complexity index is 623. The highest BCUT2D eigenvalue weighted by Crippen LogP contribution is 2.27. The second-order valence-electron chi connectivity index (χ2n) is 4.58. The summed E-state index contributed by atoms with van der Waals surface area (Å²) < 4.78 is 10.8. The average Bonchev–Trinajstić information content (AvgIpc) is 2.93. The largest absolute Gasteiger partial charge is 0.493 e. The van der Waals surface area contributed by atoms with E-state index in [0.717, 1.165) is 23.5 Å². The molecule has 0 N–H and O–H groups in total. The van der Waals surface area contributed by atoms with Crippen molar-refractivity contribution in [2.75, 3.05) is 6.61 Å². The Kier molecular flexibility index (Phi) is 2.47. The molecule has 1 aliphatic heterocycles. The van der Waals surface area contributed by atoms with Gasteiger partial charge in [0.25, 0.3) is 0 Å². The molecule has 0 saturated carbocycles. The molecule has 0 unspecified atom stereocenters. The van der Waals surface area contributed by atoms with Crippen molar-refractivity contribution in [3.8, 4) is 5.75 Å². The number of aryl methyl sites for hydroxylation is 2. The van der Waals surface area contributed by atoms with Gasteiger partial charge in [0.1, 0.15) is 17.3 Å². The van der Waals surface area contributed by atoms with Crippen LogP contribution in [0.3, 0.4) is 0 Å². The fourth-order valence-corrected chi connectivity index (χ4v) is 2.34. The zero-order chi connectivity index (χ0) is 12.7. The Balaban J connectivity index is 2.00. The summed E-state index contributed by atoms with van der Waals surface area (Å²) in [6.07, 6.45) is 0.875. The van der Waals surface area contributed by atoms with Crippen molar-refractivity contribution in [2.24, 2.45) is 0 Å². The van der Waals surface area contributed by atoms with Gasteiger partial charge in [0.2, 0.25) is 0 Å². The summed E-state index contributed by atoms with van der Waals surface area (Å²) in [7, 11) is 0. The molecule has 0 spiro atoms. The van der Waals surface area contributed by atoms with E-state index in [2.05, 4.69) is 0 Å². The van der Waals surface area contributed by atoms with Crippen LogP contribution in [0.15, 0.2) is 28.7 Å². The predicted octanol–water partition coefficient (Wildman–Crippen LogP) is 3.06. The molecule has 1 aliphatic rings.